The Hall–Kier alpha value is -0.540. The van der Waals surface area contributed by atoms with Crippen molar-refractivity contribution in [2.45, 2.75) is 32.6 Å². The first-order valence-corrected chi connectivity index (χ1v) is 7.95. The van der Waals surface area contributed by atoms with Crippen molar-refractivity contribution in [3.8, 4) is 5.75 Å². The van der Waals surface area contributed by atoms with Gasteiger partial charge in [-0.05, 0) is 67.4 Å². The molecule has 1 N–H and O–H groups in total. The molecule has 3 heteroatoms. The Labute approximate surface area is 125 Å². The van der Waals surface area contributed by atoms with E-state index in [1.165, 1.54) is 22.9 Å². The van der Waals surface area contributed by atoms with E-state index in [-0.39, 0.29) is 0 Å². The summed E-state index contributed by atoms with van der Waals surface area (Å²) in [5, 5.41) is 3.54. The zero-order valence-corrected chi connectivity index (χ0v) is 13.7. The van der Waals surface area contributed by atoms with Crippen molar-refractivity contribution in [3.05, 3.63) is 28.2 Å². The molecule has 2 atom stereocenters. The first-order chi connectivity index (χ1) is 9.11. The van der Waals surface area contributed by atoms with Crippen LogP contribution in [0.5, 0.6) is 5.75 Å². The highest BCUT2D eigenvalue weighted by atomic mass is 79.9. The fraction of sp³-hybridized carbons (Fsp3) is 0.625. The highest BCUT2D eigenvalue weighted by Gasteiger charge is 2.28. The maximum Gasteiger partial charge on any atom is 0.119 e. The van der Waals surface area contributed by atoms with Gasteiger partial charge in [-0.3, -0.25) is 0 Å². The summed E-state index contributed by atoms with van der Waals surface area (Å²) < 4.78 is 6.60. The standard InChI is InChI=1S/C16H24BrNO/c1-11(2)8-12-10-18-7-6-14(12)15-9-13(19-3)4-5-16(15)17/h4-5,9,11-12,14,18H,6-8,10H2,1-3H3. The summed E-state index contributed by atoms with van der Waals surface area (Å²) in [5.74, 6) is 3.06. The van der Waals surface area contributed by atoms with Gasteiger partial charge in [0.15, 0.2) is 0 Å². The lowest BCUT2D eigenvalue weighted by Crippen LogP contribution is -2.36. The van der Waals surface area contributed by atoms with Crippen molar-refractivity contribution in [1.29, 1.82) is 0 Å². The predicted octanol–water partition coefficient (Wildman–Crippen LogP) is 4.20. The Bertz CT molecular complexity index is 419. The Morgan fingerprint density at radius 3 is 2.89 bits per heavy atom. The van der Waals surface area contributed by atoms with Gasteiger partial charge in [0.25, 0.3) is 0 Å². The Balaban J connectivity index is 2.26. The molecule has 1 aliphatic rings. The van der Waals surface area contributed by atoms with Gasteiger partial charge in [0.05, 0.1) is 7.11 Å². The van der Waals surface area contributed by atoms with Crippen LogP contribution in [0.1, 0.15) is 38.2 Å². The van der Waals surface area contributed by atoms with Crippen molar-refractivity contribution in [1.82, 2.24) is 5.32 Å². The third-order valence-corrected chi connectivity index (χ3v) is 4.71. The van der Waals surface area contributed by atoms with E-state index in [4.69, 9.17) is 4.74 Å². The molecule has 1 fully saturated rings. The molecule has 1 aromatic carbocycles. The lowest BCUT2D eigenvalue weighted by Gasteiger charge is -2.34. The average Bonchev–Trinajstić information content (AvgIpc) is 2.40. The molecular weight excluding hydrogens is 302 g/mol. The number of benzene rings is 1. The van der Waals surface area contributed by atoms with Gasteiger partial charge in [0.1, 0.15) is 5.75 Å². The van der Waals surface area contributed by atoms with Crippen LogP contribution in [0, 0.1) is 11.8 Å². The fourth-order valence-corrected chi connectivity index (χ4v) is 3.66. The minimum absolute atomic E-state index is 0.633. The summed E-state index contributed by atoms with van der Waals surface area (Å²) in [6, 6.07) is 6.34. The van der Waals surface area contributed by atoms with E-state index in [1.54, 1.807) is 7.11 Å². The average molecular weight is 326 g/mol. The zero-order chi connectivity index (χ0) is 13.8. The molecule has 2 unspecified atom stereocenters. The molecule has 0 aliphatic carbocycles. The second-order valence-electron chi connectivity index (χ2n) is 5.88. The van der Waals surface area contributed by atoms with Crippen LogP contribution in [0.2, 0.25) is 0 Å². The maximum absolute atomic E-state index is 5.38. The van der Waals surface area contributed by atoms with Gasteiger partial charge in [-0.15, -0.1) is 0 Å². The molecular formula is C16H24BrNO. The van der Waals surface area contributed by atoms with Crippen molar-refractivity contribution in [2.24, 2.45) is 11.8 Å². The van der Waals surface area contributed by atoms with Crippen LogP contribution in [0.3, 0.4) is 0 Å². The molecule has 1 heterocycles. The van der Waals surface area contributed by atoms with Gasteiger partial charge in [0, 0.05) is 4.47 Å². The van der Waals surface area contributed by atoms with Crippen LogP contribution in [0.25, 0.3) is 0 Å². The molecule has 0 radical (unpaired) electrons. The first kappa shape index (κ1) is 14.9. The molecule has 0 spiro atoms. The summed E-state index contributed by atoms with van der Waals surface area (Å²) >= 11 is 3.71. The van der Waals surface area contributed by atoms with Gasteiger partial charge in [-0.25, -0.2) is 0 Å². The fourth-order valence-electron chi connectivity index (χ4n) is 3.12. The Morgan fingerprint density at radius 2 is 2.21 bits per heavy atom. The summed E-state index contributed by atoms with van der Waals surface area (Å²) in [7, 11) is 1.74. The molecule has 19 heavy (non-hydrogen) atoms. The van der Waals surface area contributed by atoms with Gasteiger partial charge < -0.3 is 10.1 Å². The number of rotatable bonds is 4. The van der Waals surface area contributed by atoms with Crippen LogP contribution in [-0.2, 0) is 0 Å². The highest BCUT2D eigenvalue weighted by molar-refractivity contribution is 9.10. The molecule has 0 amide bonds. The summed E-state index contributed by atoms with van der Waals surface area (Å²) in [6.45, 7) is 6.87. The van der Waals surface area contributed by atoms with Crippen molar-refractivity contribution in [3.63, 3.8) is 0 Å². The second-order valence-corrected chi connectivity index (χ2v) is 6.73. The topological polar surface area (TPSA) is 21.3 Å². The minimum atomic E-state index is 0.633. The largest absolute Gasteiger partial charge is 0.497 e. The van der Waals surface area contributed by atoms with E-state index in [0.29, 0.717) is 5.92 Å². The number of ether oxygens (including phenoxy) is 1. The normalized spacial score (nSPS) is 23.6. The first-order valence-electron chi connectivity index (χ1n) is 7.16. The van der Waals surface area contributed by atoms with E-state index in [2.05, 4.69) is 47.2 Å². The Kier molecular flexibility index (Phi) is 5.28. The van der Waals surface area contributed by atoms with Crippen molar-refractivity contribution >= 4 is 15.9 Å². The summed E-state index contributed by atoms with van der Waals surface area (Å²) in [5.41, 5.74) is 1.41. The number of hydrogen-bond acceptors (Lipinski definition) is 2. The summed E-state index contributed by atoms with van der Waals surface area (Å²) in [4.78, 5) is 0. The number of halogens is 1. The van der Waals surface area contributed by atoms with Gasteiger partial charge >= 0.3 is 0 Å². The molecule has 106 valence electrons. The second kappa shape index (κ2) is 6.76. The third-order valence-electron chi connectivity index (χ3n) is 3.98. The van der Waals surface area contributed by atoms with Crippen LogP contribution < -0.4 is 10.1 Å². The Morgan fingerprint density at radius 1 is 1.42 bits per heavy atom. The van der Waals surface area contributed by atoms with E-state index in [0.717, 1.165) is 30.7 Å². The quantitative estimate of drug-likeness (QED) is 0.895. The molecule has 2 rings (SSSR count). The molecule has 2 nitrogen and oxygen atoms in total. The van der Waals surface area contributed by atoms with E-state index < -0.39 is 0 Å². The van der Waals surface area contributed by atoms with Gasteiger partial charge in [-0.2, -0.15) is 0 Å². The van der Waals surface area contributed by atoms with Gasteiger partial charge in [0.2, 0.25) is 0 Å². The van der Waals surface area contributed by atoms with Crippen LogP contribution >= 0.6 is 15.9 Å². The number of methoxy groups -OCH3 is 1. The molecule has 0 aromatic heterocycles. The minimum Gasteiger partial charge on any atom is -0.497 e. The molecule has 1 aromatic rings. The van der Waals surface area contributed by atoms with Gasteiger partial charge in [-0.1, -0.05) is 29.8 Å². The molecule has 0 saturated carbocycles. The monoisotopic (exact) mass is 325 g/mol. The number of hydrogen-bond donors (Lipinski definition) is 1. The van der Waals surface area contributed by atoms with Crippen molar-refractivity contribution < 1.29 is 4.74 Å². The molecule has 1 saturated heterocycles. The SMILES string of the molecule is COc1ccc(Br)c(C2CCNCC2CC(C)C)c1. The van der Waals surface area contributed by atoms with E-state index in [1.807, 2.05) is 6.07 Å². The third kappa shape index (κ3) is 3.73. The van der Waals surface area contributed by atoms with Crippen molar-refractivity contribution in [2.75, 3.05) is 20.2 Å². The van der Waals surface area contributed by atoms with Crippen LogP contribution in [0.15, 0.2) is 22.7 Å². The van der Waals surface area contributed by atoms with E-state index >= 15 is 0 Å². The molecule has 0 bridgehead atoms. The maximum atomic E-state index is 5.38. The number of nitrogens with one attached hydrogen (secondary N) is 1. The smallest absolute Gasteiger partial charge is 0.119 e. The van der Waals surface area contributed by atoms with Crippen LogP contribution in [-0.4, -0.2) is 20.2 Å². The lowest BCUT2D eigenvalue weighted by atomic mass is 9.77. The predicted molar refractivity (Wildman–Crippen MR) is 83.9 cm³/mol. The summed E-state index contributed by atoms with van der Waals surface area (Å²) in [6.07, 6.45) is 2.49. The van der Waals surface area contributed by atoms with E-state index in [9.17, 15) is 0 Å². The number of piperidine rings is 1. The van der Waals surface area contributed by atoms with Crippen LogP contribution in [0.4, 0.5) is 0 Å². The highest BCUT2D eigenvalue weighted by Crippen LogP contribution is 2.39. The molecule has 1 aliphatic heterocycles. The zero-order valence-electron chi connectivity index (χ0n) is 12.1. The lowest BCUT2D eigenvalue weighted by molar-refractivity contribution is 0.279.